The van der Waals surface area contributed by atoms with Gasteiger partial charge in [0.2, 0.25) is 0 Å². The van der Waals surface area contributed by atoms with Gasteiger partial charge in [0.25, 0.3) is 5.56 Å². The molecule has 37 heavy (non-hydrogen) atoms. The minimum atomic E-state index is -0.0277. The lowest BCUT2D eigenvalue weighted by molar-refractivity contribution is 0.133. The summed E-state index contributed by atoms with van der Waals surface area (Å²) < 4.78 is 2.07. The van der Waals surface area contributed by atoms with Crippen molar-refractivity contribution in [3.63, 3.8) is 0 Å². The molecule has 2 aromatic heterocycles. The first-order chi connectivity index (χ1) is 17.9. The molecule has 2 aromatic carbocycles. The number of nitrogens with zero attached hydrogens (tertiary/aromatic N) is 5. The molecule has 1 unspecified atom stereocenters. The first-order valence-corrected chi connectivity index (χ1v) is 13.6. The number of hydrogen-bond donors (Lipinski definition) is 1. The van der Waals surface area contributed by atoms with Gasteiger partial charge in [-0.25, -0.2) is 4.68 Å². The van der Waals surface area contributed by atoms with E-state index in [9.17, 15) is 4.79 Å². The lowest BCUT2D eigenvalue weighted by atomic mass is 9.98. The molecule has 1 atom stereocenters. The summed E-state index contributed by atoms with van der Waals surface area (Å²) in [5.74, 6) is 1.19. The van der Waals surface area contributed by atoms with E-state index in [2.05, 4.69) is 94.2 Å². The van der Waals surface area contributed by atoms with Crippen molar-refractivity contribution in [3.05, 3.63) is 87.0 Å². The molecule has 1 aliphatic carbocycles. The normalized spacial score (nSPS) is 15.3. The Bertz CT molecular complexity index is 1400. The molecule has 1 N–H and O–H groups in total. The van der Waals surface area contributed by atoms with E-state index in [0.717, 1.165) is 53.7 Å². The van der Waals surface area contributed by atoms with Crippen LogP contribution in [0.5, 0.6) is 0 Å². The number of aryl methyl sites for hydroxylation is 2. The van der Waals surface area contributed by atoms with E-state index in [4.69, 9.17) is 0 Å². The van der Waals surface area contributed by atoms with Gasteiger partial charge in [-0.05, 0) is 78.3 Å². The van der Waals surface area contributed by atoms with Gasteiger partial charge in [-0.15, -0.1) is 5.10 Å². The van der Waals surface area contributed by atoms with Crippen molar-refractivity contribution in [1.82, 2.24) is 30.1 Å². The summed E-state index contributed by atoms with van der Waals surface area (Å²) in [7, 11) is 0. The molecule has 0 aliphatic heterocycles. The topological polar surface area (TPSA) is 79.7 Å². The van der Waals surface area contributed by atoms with Gasteiger partial charge in [0, 0.05) is 29.6 Å². The Kier molecular flexibility index (Phi) is 7.51. The van der Waals surface area contributed by atoms with Crippen LogP contribution < -0.4 is 5.56 Å². The molecule has 5 rings (SSSR count). The van der Waals surface area contributed by atoms with Gasteiger partial charge in [0.15, 0.2) is 5.82 Å². The average molecular weight is 499 g/mol. The predicted molar refractivity (Wildman–Crippen MR) is 147 cm³/mol. The lowest BCUT2D eigenvalue weighted by Gasteiger charge is -2.34. The van der Waals surface area contributed by atoms with Gasteiger partial charge in [0.05, 0.1) is 12.1 Å². The third kappa shape index (κ3) is 5.52. The van der Waals surface area contributed by atoms with Crippen LogP contribution in [0.3, 0.4) is 0 Å². The highest BCUT2D eigenvalue weighted by Crippen LogP contribution is 2.35. The smallest absolute Gasteiger partial charge is 0.252 e. The van der Waals surface area contributed by atoms with Crippen molar-refractivity contribution < 1.29 is 0 Å². The van der Waals surface area contributed by atoms with Crippen LogP contribution in [0, 0.1) is 19.8 Å². The summed E-state index contributed by atoms with van der Waals surface area (Å²) in [4.78, 5) is 18.9. The third-order valence-electron chi connectivity index (χ3n) is 7.77. The summed E-state index contributed by atoms with van der Waals surface area (Å²) in [6, 6.07) is 17.2. The minimum Gasteiger partial charge on any atom is -0.322 e. The molecule has 4 aromatic rings. The second-order valence-corrected chi connectivity index (χ2v) is 11.0. The van der Waals surface area contributed by atoms with Crippen molar-refractivity contribution in [3.8, 4) is 0 Å². The number of tetrazole rings is 1. The molecular weight excluding hydrogens is 460 g/mol. The third-order valence-corrected chi connectivity index (χ3v) is 7.77. The predicted octanol–water partition coefficient (Wildman–Crippen LogP) is 5.69. The van der Waals surface area contributed by atoms with Gasteiger partial charge in [0.1, 0.15) is 0 Å². The molecule has 194 valence electrons. The van der Waals surface area contributed by atoms with Crippen molar-refractivity contribution in [2.75, 3.05) is 6.54 Å². The van der Waals surface area contributed by atoms with Crippen LogP contribution >= 0.6 is 0 Å². The molecule has 0 bridgehead atoms. The highest BCUT2D eigenvalue weighted by molar-refractivity contribution is 5.83. The molecule has 7 heteroatoms. The molecule has 2 heterocycles. The van der Waals surface area contributed by atoms with Gasteiger partial charge < -0.3 is 4.98 Å². The van der Waals surface area contributed by atoms with E-state index < -0.39 is 0 Å². The number of hydrogen-bond acceptors (Lipinski definition) is 5. The fourth-order valence-electron chi connectivity index (χ4n) is 5.97. The number of H-pyrrole nitrogens is 1. The number of aromatic amines is 1. The van der Waals surface area contributed by atoms with E-state index in [0.29, 0.717) is 12.6 Å². The lowest BCUT2D eigenvalue weighted by Crippen LogP contribution is -2.37. The number of fused-ring (bicyclic) bond motifs is 1. The number of pyridine rings is 1. The molecule has 7 nitrogen and oxygen atoms in total. The molecule has 0 spiro atoms. The van der Waals surface area contributed by atoms with Crippen molar-refractivity contribution in [1.29, 1.82) is 0 Å². The van der Waals surface area contributed by atoms with E-state index in [1.165, 1.54) is 24.0 Å². The monoisotopic (exact) mass is 498 g/mol. The molecule has 0 radical (unpaired) electrons. The largest absolute Gasteiger partial charge is 0.322 e. The van der Waals surface area contributed by atoms with Gasteiger partial charge >= 0.3 is 0 Å². The molecule has 0 amide bonds. The standard InChI is InChI=1S/C30H38N6O/c1-20(2)28(29-32-33-34-36(29)25-12-8-9-13-25)35(15-14-23-10-6-5-7-11-23)19-24-18-26-22(4)16-21(3)17-27(26)31-30(24)37/h5-7,10-11,16-18,20,25,28H,8-9,12-15,19H2,1-4H3,(H,31,37). The Balaban J connectivity index is 1.53. The first kappa shape index (κ1) is 25.3. The highest BCUT2D eigenvalue weighted by atomic mass is 16.1. The maximum atomic E-state index is 13.3. The number of aromatic nitrogens is 5. The fraction of sp³-hybridized carbons (Fsp3) is 0.467. The number of rotatable bonds is 9. The maximum Gasteiger partial charge on any atom is 0.252 e. The van der Waals surface area contributed by atoms with Crippen LogP contribution in [0.15, 0.2) is 53.3 Å². The summed E-state index contributed by atoms with van der Waals surface area (Å²) in [5.41, 5.74) is 5.25. The summed E-state index contributed by atoms with van der Waals surface area (Å²) in [5, 5.41) is 14.2. The fourth-order valence-corrected chi connectivity index (χ4v) is 5.97. The zero-order valence-electron chi connectivity index (χ0n) is 22.4. The number of nitrogens with one attached hydrogen (secondary N) is 1. The minimum absolute atomic E-state index is 0.00600. The van der Waals surface area contributed by atoms with Crippen LogP contribution in [0.25, 0.3) is 10.9 Å². The summed E-state index contributed by atoms with van der Waals surface area (Å²) >= 11 is 0. The van der Waals surface area contributed by atoms with E-state index in [1.807, 2.05) is 12.1 Å². The van der Waals surface area contributed by atoms with Gasteiger partial charge in [-0.3, -0.25) is 9.69 Å². The molecule has 1 saturated carbocycles. The molecular formula is C30H38N6O. The first-order valence-electron chi connectivity index (χ1n) is 13.6. The van der Waals surface area contributed by atoms with Crippen LogP contribution in [0.2, 0.25) is 0 Å². The zero-order valence-corrected chi connectivity index (χ0v) is 22.4. The van der Waals surface area contributed by atoms with E-state index in [1.54, 1.807) is 0 Å². The van der Waals surface area contributed by atoms with E-state index in [-0.39, 0.29) is 17.5 Å². The van der Waals surface area contributed by atoms with Crippen LogP contribution in [0.1, 0.15) is 79.7 Å². The highest BCUT2D eigenvalue weighted by Gasteiger charge is 2.32. The number of benzene rings is 2. The van der Waals surface area contributed by atoms with Gasteiger partial charge in [-0.2, -0.15) is 0 Å². The maximum absolute atomic E-state index is 13.3. The molecule has 1 aliphatic rings. The average Bonchev–Trinajstić information content (AvgIpc) is 3.56. The summed E-state index contributed by atoms with van der Waals surface area (Å²) in [6.07, 6.45) is 5.57. The Morgan fingerprint density at radius 1 is 1.08 bits per heavy atom. The molecule has 0 saturated heterocycles. The second-order valence-electron chi connectivity index (χ2n) is 11.0. The van der Waals surface area contributed by atoms with Gasteiger partial charge in [-0.1, -0.05) is 63.1 Å². The Morgan fingerprint density at radius 3 is 2.57 bits per heavy atom. The van der Waals surface area contributed by atoms with E-state index >= 15 is 0 Å². The van der Waals surface area contributed by atoms with Crippen molar-refractivity contribution in [2.45, 2.75) is 78.4 Å². The van der Waals surface area contributed by atoms with Crippen LogP contribution in [0.4, 0.5) is 0 Å². The van der Waals surface area contributed by atoms with Crippen molar-refractivity contribution >= 4 is 10.9 Å². The molecule has 1 fully saturated rings. The quantitative estimate of drug-likeness (QED) is 0.321. The second kappa shape index (κ2) is 11.0. The SMILES string of the molecule is Cc1cc(C)c2cc(CN(CCc3ccccc3)C(c3nnnn3C3CCCC3)C(C)C)c(=O)[nH]c2c1. The van der Waals surface area contributed by atoms with Crippen LogP contribution in [-0.2, 0) is 13.0 Å². The Labute approximate surface area is 218 Å². The summed E-state index contributed by atoms with van der Waals surface area (Å²) in [6.45, 7) is 9.96. The Hall–Kier alpha value is -3.32. The zero-order chi connectivity index (χ0) is 25.9. The Morgan fingerprint density at radius 2 is 1.84 bits per heavy atom. The van der Waals surface area contributed by atoms with Crippen molar-refractivity contribution in [2.24, 2.45) is 5.92 Å². The van der Waals surface area contributed by atoms with Crippen LogP contribution in [-0.4, -0.2) is 36.6 Å².